The van der Waals surface area contributed by atoms with Crippen molar-refractivity contribution in [3.63, 3.8) is 0 Å². The van der Waals surface area contributed by atoms with Crippen LogP contribution in [0.2, 0.25) is 0 Å². The Morgan fingerprint density at radius 2 is 1.88 bits per heavy atom. The molecule has 2 aliphatic rings. The molecule has 0 bridgehead atoms. The van der Waals surface area contributed by atoms with Crippen LogP contribution in [-0.4, -0.2) is 39.8 Å². The Kier molecular flexibility index (Phi) is 6.68. The molecule has 2 aliphatic carbocycles. The Bertz CT molecular complexity index is 1050. The van der Waals surface area contributed by atoms with Gasteiger partial charge in [-0.15, -0.1) is 0 Å². The molecule has 1 aromatic carbocycles. The summed E-state index contributed by atoms with van der Waals surface area (Å²) in [7, 11) is 0. The molecule has 0 radical (unpaired) electrons. The summed E-state index contributed by atoms with van der Waals surface area (Å²) < 4.78 is 28.1. The smallest absolute Gasteiger partial charge is 0.183 e. The molecule has 8 heteroatoms. The number of hydrogen-bond acceptors (Lipinski definition) is 5. The van der Waals surface area contributed by atoms with E-state index in [9.17, 15) is 8.78 Å². The van der Waals surface area contributed by atoms with E-state index in [1.165, 1.54) is 6.08 Å². The first kappa shape index (κ1) is 21.8. The maximum Gasteiger partial charge on any atom is 0.183 e. The number of nitrogens with zero attached hydrogens (tertiary/aromatic N) is 2. The lowest BCUT2D eigenvalue weighted by Gasteiger charge is -2.31. The van der Waals surface area contributed by atoms with Gasteiger partial charge in [-0.3, -0.25) is 10.8 Å². The summed E-state index contributed by atoms with van der Waals surface area (Å²) in [5.74, 6) is -0.124. The number of benzene rings is 1. The van der Waals surface area contributed by atoms with Crippen molar-refractivity contribution in [2.75, 3.05) is 5.32 Å². The highest BCUT2D eigenvalue weighted by Crippen LogP contribution is 2.24. The van der Waals surface area contributed by atoms with Crippen molar-refractivity contribution >= 4 is 17.4 Å². The van der Waals surface area contributed by atoms with E-state index >= 15 is 0 Å². The van der Waals surface area contributed by atoms with Gasteiger partial charge in [0.05, 0.1) is 6.20 Å². The van der Waals surface area contributed by atoms with E-state index in [1.807, 2.05) is 30.3 Å². The quantitative estimate of drug-likeness (QED) is 0.395. The van der Waals surface area contributed by atoms with Crippen molar-refractivity contribution in [1.29, 1.82) is 10.8 Å². The fourth-order valence-corrected chi connectivity index (χ4v) is 4.07. The van der Waals surface area contributed by atoms with Gasteiger partial charge in [-0.1, -0.05) is 42.5 Å². The van der Waals surface area contributed by atoms with Crippen molar-refractivity contribution in [3.05, 3.63) is 77.5 Å². The number of allylic oxidation sites excluding steroid dienone is 4. The van der Waals surface area contributed by atoms with Crippen LogP contribution >= 0.6 is 0 Å². The zero-order valence-electron chi connectivity index (χ0n) is 17.6. The first-order valence-corrected chi connectivity index (χ1v) is 10.8. The van der Waals surface area contributed by atoms with E-state index in [0.29, 0.717) is 17.8 Å². The third-order valence-corrected chi connectivity index (χ3v) is 5.70. The van der Waals surface area contributed by atoms with E-state index in [0.717, 1.165) is 31.0 Å². The van der Waals surface area contributed by atoms with Crippen molar-refractivity contribution in [2.24, 2.45) is 0 Å². The number of aromatic nitrogens is 2. The minimum atomic E-state index is -1.14. The Balaban J connectivity index is 1.42. The van der Waals surface area contributed by atoms with Crippen molar-refractivity contribution in [1.82, 2.24) is 15.3 Å². The summed E-state index contributed by atoms with van der Waals surface area (Å²) >= 11 is 0. The van der Waals surface area contributed by atoms with E-state index in [2.05, 4.69) is 20.6 Å². The Morgan fingerprint density at radius 1 is 1.09 bits per heavy atom. The van der Waals surface area contributed by atoms with Crippen LogP contribution in [-0.2, 0) is 0 Å². The molecule has 1 fully saturated rings. The highest BCUT2D eigenvalue weighted by atomic mass is 19.1. The summed E-state index contributed by atoms with van der Waals surface area (Å²) in [5, 5.41) is 23.0. The lowest BCUT2D eigenvalue weighted by molar-refractivity contribution is 0.383. The molecule has 0 saturated heterocycles. The maximum atomic E-state index is 14.4. The van der Waals surface area contributed by atoms with Gasteiger partial charge in [-0.25, -0.2) is 18.7 Å². The lowest BCUT2D eigenvalue weighted by atomic mass is 9.90. The van der Waals surface area contributed by atoms with Crippen LogP contribution < -0.4 is 10.6 Å². The first-order chi connectivity index (χ1) is 15.5. The topological polar surface area (TPSA) is 97.5 Å². The van der Waals surface area contributed by atoms with Gasteiger partial charge in [-0.05, 0) is 31.8 Å². The highest BCUT2D eigenvalue weighted by Gasteiger charge is 2.24. The number of amidine groups is 1. The zero-order chi connectivity index (χ0) is 22.5. The van der Waals surface area contributed by atoms with E-state index in [-0.39, 0.29) is 35.9 Å². The zero-order valence-corrected chi connectivity index (χ0v) is 17.6. The molecule has 0 amide bonds. The predicted octanol–water partition coefficient (Wildman–Crippen LogP) is 4.55. The molecule has 0 aliphatic heterocycles. The van der Waals surface area contributed by atoms with Crippen molar-refractivity contribution < 1.29 is 8.78 Å². The first-order valence-electron chi connectivity index (χ1n) is 10.8. The summed E-state index contributed by atoms with van der Waals surface area (Å²) in [5.41, 5.74) is 1.18. The second-order valence-corrected chi connectivity index (χ2v) is 8.13. The SMILES string of the molecule is N=C(N[C@@H]1CCC[C@H](Nc2nc(C(=N)C3=CC(F)CC=C3)ncc2F)C1)c1ccccc1. The van der Waals surface area contributed by atoms with Crippen LogP contribution in [0.4, 0.5) is 14.6 Å². The van der Waals surface area contributed by atoms with Crippen LogP contribution in [0, 0.1) is 16.6 Å². The third-order valence-electron chi connectivity index (χ3n) is 5.70. The summed E-state index contributed by atoms with van der Waals surface area (Å²) in [6, 6.07) is 9.56. The lowest BCUT2D eigenvalue weighted by Crippen LogP contribution is -2.42. The van der Waals surface area contributed by atoms with Gasteiger partial charge in [0.2, 0.25) is 0 Å². The predicted molar refractivity (Wildman–Crippen MR) is 122 cm³/mol. The Morgan fingerprint density at radius 3 is 2.66 bits per heavy atom. The standard InChI is InChI=1S/C24H26F2N6/c25-17-9-4-8-16(12-17)21(27)24-29-14-20(26)23(32-24)31-19-11-5-10-18(13-19)30-22(28)15-6-2-1-3-7-15/h1-4,6-8,12,14,17-19,27H,5,9-11,13H2,(H2,28,30)(H,29,31,32)/t17?,18-,19+/m1/s1. The van der Waals surface area contributed by atoms with E-state index in [4.69, 9.17) is 10.8 Å². The fraction of sp³-hybridized carbons (Fsp3) is 0.333. The number of halogens is 2. The number of nitrogens with one attached hydrogen (secondary N) is 4. The molecular formula is C24H26F2N6. The number of hydrogen-bond donors (Lipinski definition) is 4. The number of anilines is 1. The molecule has 4 rings (SSSR count). The maximum absolute atomic E-state index is 14.4. The molecule has 1 aromatic heterocycles. The molecule has 1 heterocycles. The summed E-state index contributed by atoms with van der Waals surface area (Å²) in [6.07, 6.45) is 8.30. The van der Waals surface area contributed by atoms with Gasteiger partial charge in [-0.2, -0.15) is 0 Å². The third kappa shape index (κ3) is 5.25. The minimum Gasteiger partial charge on any atom is -0.367 e. The molecule has 2 aromatic rings. The van der Waals surface area contributed by atoms with Crippen LogP contribution in [0.1, 0.15) is 43.5 Å². The minimum absolute atomic E-state index is 0.0275. The normalized spacial score (nSPS) is 22.7. The summed E-state index contributed by atoms with van der Waals surface area (Å²) in [6.45, 7) is 0. The van der Waals surface area contributed by atoms with Gasteiger partial charge in [0, 0.05) is 29.6 Å². The molecule has 166 valence electrons. The van der Waals surface area contributed by atoms with E-state index in [1.54, 1.807) is 12.2 Å². The molecule has 1 unspecified atom stereocenters. The number of rotatable bonds is 6. The largest absolute Gasteiger partial charge is 0.367 e. The number of alkyl halides is 1. The Hall–Kier alpha value is -3.42. The van der Waals surface area contributed by atoms with Gasteiger partial charge in [0.25, 0.3) is 0 Å². The summed E-state index contributed by atoms with van der Waals surface area (Å²) in [4.78, 5) is 8.15. The molecule has 0 spiro atoms. The average molecular weight is 437 g/mol. The van der Waals surface area contributed by atoms with Gasteiger partial charge in [0.1, 0.15) is 17.7 Å². The van der Waals surface area contributed by atoms with Gasteiger partial charge >= 0.3 is 0 Å². The second kappa shape index (κ2) is 9.80. The average Bonchev–Trinajstić information content (AvgIpc) is 2.81. The highest BCUT2D eigenvalue weighted by molar-refractivity contribution is 6.10. The molecule has 32 heavy (non-hydrogen) atoms. The van der Waals surface area contributed by atoms with Crippen LogP contribution in [0.15, 0.2) is 60.3 Å². The molecule has 1 saturated carbocycles. The van der Waals surface area contributed by atoms with Crippen LogP contribution in [0.25, 0.3) is 0 Å². The van der Waals surface area contributed by atoms with Crippen molar-refractivity contribution in [2.45, 2.75) is 50.4 Å². The Labute approximate surface area is 185 Å². The van der Waals surface area contributed by atoms with Crippen molar-refractivity contribution in [3.8, 4) is 0 Å². The van der Waals surface area contributed by atoms with Gasteiger partial charge in [0.15, 0.2) is 17.5 Å². The van der Waals surface area contributed by atoms with Crippen LogP contribution in [0.3, 0.4) is 0 Å². The molecular weight excluding hydrogens is 410 g/mol. The second-order valence-electron chi connectivity index (χ2n) is 8.13. The monoisotopic (exact) mass is 436 g/mol. The van der Waals surface area contributed by atoms with Crippen LogP contribution in [0.5, 0.6) is 0 Å². The molecule has 6 nitrogen and oxygen atoms in total. The van der Waals surface area contributed by atoms with E-state index < -0.39 is 12.0 Å². The molecule has 3 atom stereocenters. The molecule has 4 N–H and O–H groups in total. The van der Waals surface area contributed by atoms with Gasteiger partial charge < -0.3 is 10.6 Å². The fourth-order valence-electron chi connectivity index (χ4n) is 4.07.